The summed E-state index contributed by atoms with van der Waals surface area (Å²) in [5.74, 6) is 1.16. The molecule has 1 aliphatic rings. The SMILES string of the molecule is NC(=NCCCN1C(=O)COc2ccccc21)NCCc1ccccc1. The number of aliphatic imine (C=N–C) groups is 1. The number of nitrogens with one attached hydrogen (secondary N) is 1. The van der Waals surface area contributed by atoms with Crippen LogP contribution in [0.5, 0.6) is 5.75 Å². The molecule has 6 heteroatoms. The topological polar surface area (TPSA) is 80.0 Å². The fourth-order valence-corrected chi connectivity index (χ4v) is 2.86. The maximum absolute atomic E-state index is 12.1. The molecule has 2 aromatic carbocycles. The van der Waals surface area contributed by atoms with E-state index < -0.39 is 0 Å². The molecule has 0 aliphatic carbocycles. The van der Waals surface area contributed by atoms with Gasteiger partial charge in [-0.1, -0.05) is 42.5 Å². The highest BCUT2D eigenvalue weighted by Crippen LogP contribution is 2.31. The summed E-state index contributed by atoms with van der Waals surface area (Å²) in [5, 5.41) is 3.12. The summed E-state index contributed by atoms with van der Waals surface area (Å²) in [4.78, 5) is 18.2. The molecule has 2 aromatic rings. The van der Waals surface area contributed by atoms with E-state index in [0.29, 0.717) is 19.0 Å². The fraction of sp³-hybridized carbons (Fsp3) is 0.300. The number of nitrogens with two attached hydrogens (primary N) is 1. The third-order valence-corrected chi connectivity index (χ3v) is 4.19. The number of anilines is 1. The van der Waals surface area contributed by atoms with Crippen molar-refractivity contribution >= 4 is 17.6 Å². The lowest BCUT2D eigenvalue weighted by Crippen LogP contribution is -2.39. The van der Waals surface area contributed by atoms with Crippen molar-refractivity contribution in [1.82, 2.24) is 5.32 Å². The number of hydrogen-bond acceptors (Lipinski definition) is 3. The van der Waals surface area contributed by atoms with E-state index in [2.05, 4.69) is 22.4 Å². The number of carbonyl (C=O) groups is 1. The predicted octanol–water partition coefficient (Wildman–Crippen LogP) is 1.95. The van der Waals surface area contributed by atoms with Crippen molar-refractivity contribution in [3.05, 3.63) is 60.2 Å². The zero-order valence-electron chi connectivity index (χ0n) is 14.7. The van der Waals surface area contributed by atoms with E-state index in [1.54, 1.807) is 4.90 Å². The van der Waals surface area contributed by atoms with E-state index in [0.717, 1.165) is 30.8 Å². The second-order valence-electron chi connectivity index (χ2n) is 6.08. The van der Waals surface area contributed by atoms with Gasteiger partial charge in [-0.3, -0.25) is 9.79 Å². The van der Waals surface area contributed by atoms with Gasteiger partial charge in [0.2, 0.25) is 0 Å². The fourth-order valence-electron chi connectivity index (χ4n) is 2.86. The summed E-state index contributed by atoms with van der Waals surface area (Å²) in [7, 11) is 0. The molecule has 0 aromatic heterocycles. The Morgan fingerprint density at radius 2 is 1.92 bits per heavy atom. The summed E-state index contributed by atoms with van der Waals surface area (Å²) in [6.45, 7) is 2.00. The highest BCUT2D eigenvalue weighted by Gasteiger charge is 2.24. The van der Waals surface area contributed by atoms with Crippen LogP contribution in [0, 0.1) is 0 Å². The normalized spacial score (nSPS) is 13.9. The molecule has 1 amide bonds. The first-order chi connectivity index (χ1) is 12.7. The molecular weight excluding hydrogens is 328 g/mol. The van der Waals surface area contributed by atoms with Gasteiger partial charge in [-0.25, -0.2) is 0 Å². The van der Waals surface area contributed by atoms with Gasteiger partial charge < -0.3 is 20.7 Å². The molecule has 3 rings (SSSR count). The Morgan fingerprint density at radius 1 is 1.15 bits per heavy atom. The Balaban J connectivity index is 1.42. The van der Waals surface area contributed by atoms with Gasteiger partial charge in [0.25, 0.3) is 5.91 Å². The van der Waals surface area contributed by atoms with Crippen molar-refractivity contribution in [3.8, 4) is 5.75 Å². The molecule has 0 radical (unpaired) electrons. The Morgan fingerprint density at radius 3 is 2.77 bits per heavy atom. The number of guanidine groups is 1. The standard InChI is InChI=1S/C20H24N4O2/c21-20(23-13-11-16-7-2-1-3-8-16)22-12-6-14-24-17-9-4-5-10-18(17)26-15-19(24)25/h1-5,7-10H,6,11-15H2,(H3,21,22,23). The van der Waals surface area contributed by atoms with Crippen molar-refractivity contribution in [1.29, 1.82) is 0 Å². The van der Waals surface area contributed by atoms with Crippen LogP contribution >= 0.6 is 0 Å². The molecule has 0 fully saturated rings. The van der Waals surface area contributed by atoms with Gasteiger partial charge in [-0.2, -0.15) is 0 Å². The van der Waals surface area contributed by atoms with Crippen molar-refractivity contribution in [2.75, 3.05) is 31.1 Å². The number of rotatable bonds is 7. The molecule has 1 aliphatic heterocycles. The molecule has 0 saturated carbocycles. The quantitative estimate of drug-likeness (QED) is 0.453. The largest absolute Gasteiger partial charge is 0.482 e. The van der Waals surface area contributed by atoms with Gasteiger partial charge in [0.05, 0.1) is 5.69 Å². The Kier molecular flexibility index (Phi) is 6.09. The van der Waals surface area contributed by atoms with Gasteiger partial charge in [0.15, 0.2) is 12.6 Å². The number of nitrogens with zero attached hydrogens (tertiary/aromatic N) is 2. The van der Waals surface area contributed by atoms with Gasteiger partial charge in [-0.15, -0.1) is 0 Å². The van der Waals surface area contributed by atoms with Gasteiger partial charge >= 0.3 is 0 Å². The van der Waals surface area contributed by atoms with E-state index in [4.69, 9.17) is 10.5 Å². The molecular formula is C20H24N4O2. The van der Waals surface area contributed by atoms with Crippen LogP contribution < -0.4 is 20.7 Å². The maximum Gasteiger partial charge on any atom is 0.265 e. The van der Waals surface area contributed by atoms with Crippen LogP contribution in [0.25, 0.3) is 0 Å². The minimum atomic E-state index is -0.0263. The number of para-hydroxylation sites is 2. The van der Waals surface area contributed by atoms with Gasteiger partial charge in [0, 0.05) is 19.6 Å². The molecule has 26 heavy (non-hydrogen) atoms. The van der Waals surface area contributed by atoms with E-state index in [9.17, 15) is 4.79 Å². The highest BCUT2D eigenvalue weighted by molar-refractivity contribution is 5.97. The first-order valence-electron chi connectivity index (χ1n) is 8.84. The van der Waals surface area contributed by atoms with Crippen LogP contribution in [0.4, 0.5) is 5.69 Å². The maximum atomic E-state index is 12.1. The minimum absolute atomic E-state index is 0.0263. The summed E-state index contributed by atoms with van der Waals surface area (Å²) in [6, 6.07) is 17.8. The minimum Gasteiger partial charge on any atom is -0.482 e. The third-order valence-electron chi connectivity index (χ3n) is 4.19. The summed E-state index contributed by atoms with van der Waals surface area (Å²) < 4.78 is 5.44. The van der Waals surface area contributed by atoms with Crippen molar-refractivity contribution in [2.45, 2.75) is 12.8 Å². The summed E-state index contributed by atoms with van der Waals surface area (Å²) >= 11 is 0. The van der Waals surface area contributed by atoms with Crippen LogP contribution in [-0.4, -0.2) is 38.1 Å². The number of benzene rings is 2. The van der Waals surface area contributed by atoms with Gasteiger partial charge in [-0.05, 0) is 30.5 Å². The Hall–Kier alpha value is -3.02. The lowest BCUT2D eigenvalue weighted by atomic mass is 10.1. The van der Waals surface area contributed by atoms with Gasteiger partial charge in [0.1, 0.15) is 5.75 Å². The first-order valence-corrected chi connectivity index (χ1v) is 8.84. The second-order valence-corrected chi connectivity index (χ2v) is 6.08. The molecule has 136 valence electrons. The van der Waals surface area contributed by atoms with Crippen LogP contribution in [0.15, 0.2) is 59.6 Å². The molecule has 0 unspecified atom stereocenters. The zero-order chi connectivity index (χ0) is 18.2. The van der Waals surface area contributed by atoms with E-state index in [1.807, 2.05) is 42.5 Å². The second kappa shape index (κ2) is 8.89. The third kappa shape index (κ3) is 4.75. The average molecular weight is 352 g/mol. The smallest absolute Gasteiger partial charge is 0.265 e. The highest BCUT2D eigenvalue weighted by atomic mass is 16.5. The number of amides is 1. The lowest BCUT2D eigenvalue weighted by Gasteiger charge is -2.29. The molecule has 0 bridgehead atoms. The van der Waals surface area contributed by atoms with E-state index >= 15 is 0 Å². The zero-order valence-corrected chi connectivity index (χ0v) is 14.7. The summed E-state index contributed by atoms with van der Waals surface area (Å²) in [5.41, 5.74) is 7.98. The number of ether oxygens (including phenoxy) is 1. The van der Waals surface area contributed by atoms with Crippen LogP contribution in [0.2, 0.25) is 0 Å². The first kappa shape index (κ1) is 17.8. The average Bonchev–Trinajstić information content (AvgIpc) is 2.67. The molecule has 0 spiro atoms. The molecule has 1 heterocycles. The van der Waals surface area contributed by atoms with Crippen LogP contribution in [0.1, 0.15) is 12.0 Å². The monoisotopic (exact) mass is 352 g/mol. The Bertz CT molecular complexity index is 761. The molecule has 0 saturated heterocycles. The lowest BCUT2D eigenvalue weighted by molar-refractivity contribution is -0.121. The molecule has 6 nitrogen and oxygen atoms in total. The van der Waals surface area contributed by atoms with E-state index in [-0.39, 0.29) is 12.5 Å². The Labute approximate surface area is 153 Å². The van der Waals surface area contributed by atoms with Crippen LogP contribution in [0.3, 0.4) is 0 Å². The number of carbonyl (C=O) groups excluding carboxylic acids is 1. The number of fused-ring (bicyclic) bond motifs is 1. The number of hydrogen-bond donors (Lipinski definition) is 2. The van der Waals surface area contributed by atoms with Crippen molar-refractivity contribution in [2.24, 2.45) is 10.7 Å². The van der Waals surface area contributed by atoms with E-state index in [1.165, 1.54) is 5.56 Å². The molecule has 0 atom stereocenters. The van der Waals surface area contributed by atoms with Crippen molar-refractivity contribution in [3.63, 3.8) is 0 Å². The van der Waals surface area contributed by atoms with Crippen LogP contribution in [-0.2, 0) is 11.2 Å². The molecule has 3 N–H and O–H groups in total. The summed E-state index contributed by atoms with van der Waals surface area (Å²) in [6.07, 6.45) is 1.64. The van der Waals surface area contributed by atoms with Crippen molar-refractivity contribution < 1.29 is 9.53 Å². The predicted molar refractivity (Wildman–Crippen MR) is 104 cm³/mol.